The second kappa shape index (κ2) is 7.56. The third-order valence-corrected chi connectivity index (χ3v) is 6.01. The molecule has 1 aromatic heterocycles. The Morgan fingerprint density at radius 3 is 2.89 bits per heavy atom. The number of aromatic nitrogens is 2. The highest BCUT2D eigenvalue weighted by molar-refractivity contribution is 7.99. The van der Waals surface area contributed by atoms with Gasteiger partial charge < -0.3 is 5.32 Å². The van der Waals surface area contributed by atoms with E-state index >= 15 is 0 Å². The molecule has 1 unspecified atom stereocenters. The van der Waals surface area contributed by atoms with Crippen LogP contribution < -0.4 is 10.9 Å². The van der Waals surface area contributed by atoms with Crippen molar-refractivity contribution in [1.82, 2.24) is 9.55 Å². The number of nitrogens with zero attached hydrogens (tertiary/aromatic N) is 2. The van der Waals surface area contributed by atoms with Gasteiger partial charge in [-0.15, -0.1) is 11.8 Å². The fourth-order valence-electron chi connectivity index (χ4n) is 3.28. The van der Waals surface area contributed by atoms with Crippen LogP contribution in [-0.2, 0) is 23.5 Å². The summed E-state index contributed by atoms with van der Waals surface area (Å²) in [5.41, 5.74) is 2.51. The maximum atomic E-state index is 12.7. The van der Waals surface area contributed by atoms with Gasteiger partial charge in [0.25, 0.3) is 5.56 Å². The standard InChI is InChI=1S/C21H21N3O2S/c1-14(27-13-15-6-3-2-4-7-15)20(25)22-16-9-10-18-17(12-16)21(26)24-11-5-8-19(24)23-18/h2-4,6-7,9-10,12,14H,5,8,11,13H2,1H3,(H,22,25). The molecular formula is C21H21N3O2S. The number of rotatable bonds is 5. The fraction of sp³-hybridized carbons (Fsp3) is 0.286. The van der Waals surface area contributed by atoms with Crippen molar-refractivity contribution in [3.63, 3.8) is 0 Å². The molecule has 1 N–H and O–H groups in total. The quantitative estimate of drug-likeness (QED) is 0.736. The van der Waals surface area contributed by atoms with E-state index in [0.29, 0.717) is 16.6 Å². The number of nitrogens with one attached hydrogen (secondary N) is 1. The van der Waals surface area contributed by atoms with Crippen molar-refractivity contribution < 1.29 is 4.79 Å². The third kappa shape index (κ3) is 3.76. The van der Waals surface area contributed by atoms with Crippen LogP contribution in [0.4, 0.5) is 5.69 Å². The summed E-state index contributed by atoms with van der Waals surface area (Å²) in [6.45, 7) is 2.62. The van der Waals surface area contributed by atoms with Crippen LogP contribution in [0.1, 0.15) is 24.7 Å². The van der Waals surface area contributed by atoms with Crippen molar-refractivity contribution >= 4 is 34.3 Å². The number of carbonyl (C=O) groups is 1. The number of benzene rings is 2. The molecule has 0 saturated heterocycles. The Hall–Kier alpha value is -2.60. The van der Waals surface area contributed by atoms with Gasteiger partial charge in [0.1, 0.15) is 5.82 Å². The van der Waals surface area contributed by atoms with Gasteiger partial charge in [0, 0.05) is 24.4 Å². The molecule has 4 rings (SSSR count). The minimum absolute atomic E-state index is 0.0184. The van der Waals surface area contributed by atoms with E-state index in [4.69, 9.17) is 0 Å². The van der Waals surface area contributed by atoms with E-state index in [1.807, 2.05) is 37.3 Å². The van der Waals surface area contributed by atoms with Gasteiger partial charge in [-0.25, -0.2) is 4.98 Å². The normalized spacial score (nSPS) is 14.1. The monoisotopic (exact) mass is 379 g/mol. The highest BCUT2D eigenvalue weighted by atomic mass is 32.2. The second-order valence-electron chi connectivity index (χ2n) is 6.75. The molecular weight excluding hydrogens is 358 g/mol. The average Bonchev–Trinajstić information content (AvgIpc) is 3.16. The van der Waals surface area contributed by atoms with Crippen LogP contribution in [0, 0.1) is 0 Å². The first kappa shape index (κ1) is 17.8. The SMILES string of the molecule is CC(SCc1ccccc1)C(=O)Nc1ccc2nc3n(c(=O)c2c1)CCC3. The predicted molar refractivity (Wildman–Crippen MR) is 110 cm³/mol. The number of amides is 1. The maximum Gasteiger partial charge on any atom is 0.261 e. The molecule has 0 radical (unpaired) electrons. The van der Waals surface area contributed by atoms with Crippen LogP contribution in [0.25, 0.3) is 10.9 Å². The summed E-state index contributed by atoms with van der Waals surface area (Å²) in [6.07, 6.45) is 1.80. The Morgan fingerprint density at radius 2 is 2.07 bits per heavy atom. The lowest BCUT2D eigenvalue weighted by atomic mass is 10.2. The zero-order chi connectivity index (χ0) is 18.8. The first-order chi connectivity index (χ1) is 13.1. The lowest BCUT2D eigenvalue weighted by molar-refractivity contribution is -0.115. The molecule has 2 heterocycles. The van der Waals surface area contributed by atoms with Crippen LogP contribution in [-0.4, -0.2) is 20.7 Å². The molecule has 1 amide bonds. The highest BCUT2D eigenvalue weighted by Gasteiger charge is 2.17. The summed E-state index contributed by atoms with van der Waals surface area (Å²) in [7, 11) is 0. The highest BCUT2D eigenvalue weighted by Crippen LogP contribution is 2.21. The fourth-order valence-corrected chi connectivity index (χ4v) is 4.12. The minimum Gasteiger partial charge on any atom is -0.325 e. The summed E-state index contributed by atoms with van der Waals surface area (Å²) in [4.78, 5) is 29.7. The maximum absolute atomic E-state index is 12.7. The molecule has 0 spiro atoms. The van der Waals surface area contributed by atoms with Crippen molar-refractivity contribution in [2.24, 2.45) is 0 Å². The van der Waals surface area contributed by atoms with E-state index < -0.39 is 0 Å². The predicted octanol–water partition coefficient (Wildman–Crippen LogP) is 3.60. The summed E-state index contributed by atoms with van der Waals surface area (Å²) in [6, 6.07) is 15.5. The number of aryl methyl sites for hydroxylation is 1. The Kier molecular flexibility index (Phi) is 4.99. The van der Waals surface area contributed by atoms with Gasteiger partial charge in [-0.3, -0.25) is 14.2 Å². The van der Waals surface area contributed by atoms with Crippen molar-refractivity contribution in [2.45, 2.75) is 37.3 Å². The number of carbonyl (C=O) groups excluding carboxylic acids is 1. The van der Waals surface area contributed by atoms with Crippen LogP contribution in [0.3, 0.4) is 0 Å². The van der Waals surface area contributed by atoms with Gasteiger partial charge >= 0.3 is 0 Å². The van der Waals surface area contributed by atoms with Gasteiger partial charge in [-0.2, -0.15) is 0 Å². The number of fused-ring (bicyclic) bond motifs is 2. The third-order valence-electron chi connectivity index (χ3n) is 4.79. The second-order valence-corrected chi connectivity index (χ2v) is 8.08. The smallest absolute Gasteiger partial charge is 0.261 e. The van der Waals surface area contributed by atoms with Crippen LogP contribution >= 0.6 is 11.8 Å². The Bertz CT molecular complexity index is 1050. The topological polar surface area (TPSA) is 64.0 Å². The number of thioether (sulfide) groups is 1. The molecule has 0 fully saturated rings. The molecule has 2 aromatic carbocycles. The molecule has 0 saturated carbocycles. The lowest BCUT2D eigenvalue weighted by Gasteiger charge is -2.13. The molecule has 3 aromatic rings. The van der Waals surface area contributed by atoms with E-state index in [0.717, 1.165) is 31.0 Å². The van der Waals surface area contributed by atoms with Gasteiger partial charge in [0.15, 0.2) is 0 Å². The molecule has 1 aliphatic rings. The molecule has 1 aliphatic heterocycles. The zero-order valence-corrected chi connectivity index (χ0v) is 16.0. The van der Waals surface area contributed by atoms with Gasteiger partial charge in [0.2, 0.25) is 5.91 Å². The number of anilines is 1. The van der Waals surface area contributed by atoms with E-state index in [2.05, 4.69) is 22.4 Å². The minimum atomic E-state index is -0.194. The molecule has 1 atom stereocenters. The molecule has 27 heavy (non-hydrogen) atoms. The van der Waals surface area contributed by atoms with Crippen LogP contribution in [0.2, 0.25) is 0 Å². The van der Waals surface area contributed by atoms with Crippen LogP contribution in [0.5, 0.6) is 0 Å². The van der Waals surface area contributed by atoms with E-state index in [-0.39, 0.29) is 16.7 Å². The first-order valence-electron chi connectivity index (χ1n) is 9.12. The summed E-state index contributed by atoms with van der Waals surface area (Å²) in [5, 5.41) is 3.29. The molecule has 6 heteroatoms. The molecule has 138 valence electrons. The van der Waals surface area contributed by atoms with Crippen molar-refractivity contribution in [3.05, 3.63) is 70.3 Å². The lowest BCUT2D eigenvalue weighted by Crippen LogP contribution is -2.23. The van der Waals surface area contributed by atoms with E-state index in [1.165, 1.54) is 5.56 Å². The zero-order valence-electron chi connectivity index (χ0n) is 15.1. The Morgan fingerprint density at radius 1 is 1.26 bits per heavy atom. The van der Waals surface area contributed by atoms with Gasteiger partial charge in [-0.1, -0.05) is 30.3 Å². The van der Waals surface area contributed by atoms with Gasteiger partial charge in [-0.05, 0) is 37.1 Å². The van der Waals surface area contributed by atoms with E-state index in [1.54, 1.807) is 22.4 Å². The van der Waals surface area contributed by atoms with Crippen molar-refractivity contribution in [1.29, 1.82) is 0 Å². The number of hydrogen-bond acceptors (Lipinski definition) is 4. The van der Waals surface area contributed by atoms with Crippen LogP contribution in [0.15, 0.2) is 53.3 Å². The number of hydrogen-bond donors (Lipinski definition) is 1. The average molecular weight is 379 g/mol. The summed E-state index contributed by atoms with van der Waals surface area (Å²) in [5.74, 6) is 1.57. The molecule has 0 bridgehead atoms. The summed E-state index contributed by atoms with van der Waals surface area (Å²) >= 11 is 1.59. The van der Waals surface area contributed by atoms with Gasteiger partial charge in [0.05, 0.1) is 16.2 Å². The Labute approximate surface area is 161 Å². The van der Waals surface area contributed by atoms with E-state index in [9.17, 15) is 9.59 Å². The van der Waals surface area contributed by atoms with Crippen molar-refractivity contribution in [2.75, 3.05) is 5.32 Å². The van der Waals surface area contributed by atoms with Crippen molar-refractivity contribution in [3.8, 4) is 0 Å². The molecule has 5 nitrogen and oxygen atoms in total. The molecule has 0 aliphatic carbocycles. The summed E-state index contributed by atoms with van der Waals surface area (Å²) < 4.78 is 1.74. The Balaban J connectivity index is 1.48. The first-order valence-corrected chi connectivity index (χ1v) is 10.2. The largest absolute Gasteiger partial charge is 0.325 e.